The van der Waals surface area contributed by atoms with Crippen LogP contribution in [0.15, 0.2) is 18.2 Å². The number of rotatable bonds is 0. The largest absolute Gasteiger partial charge is 0.485 e. The van der Waals surface area contributed by atoms with Crippen LogP contribution >= 0.6 is 0 Å². The number of ketones is 1. The van der Waals surface area contributed by atoms with Crippen LogP contribution in [0, 0.1) is 11.3 Å². The van der Waals surface area contributed by atoms with Gasteiger partial charge in [-0.05, 0) is 18.2 Å². The Morgan fingerprint density at radius 2 is 2.33 bits per heavy atom. The molecule has 0 amide bonds. The maximum atomic E-state index is 11.1. The van der Waals surface area contributed by atoms with Gasteiger partial charge in [0.2, 0.25) is 5.78 Å². The van der Waals surface area contributed by atoms with E-state index in [-0.39, 0.29) is 12.4 Å². The average Bonchev–Trinajstić information content (AvgIpc) is 2.47. The topological polar surface area (TPSA) is 50.1 Å². The van der Waals surface area contributed by atoms with Gasteiger partial charge >= 0.3 is 0 Å². The van der Waals surface area contributed by atoms with Crippen molar-refractivity contribution in [2.45, 2.75) is 0 Å². The van der Waals surface area contributed by atoms with Gasteiger partial charge in [-0.15, -0.1) is 0 Å². The van der Waals surface area contributed by atoms with E-state index in [2.05, 4.69) is 0 Å². The molecule has 0 unspecified atom stereocenters. The Hall–Kier alpha value is -1.82. The van der Waals surface area contributed by atoms with Crippen molar-refractivity contribution in [1.82, 2.24) is 0 Å². The Kier molecular flexibility index (Phi) is 1.34. The Morgan fingerprint density at radius 1 is 1.50 bits per heavy atom. The standard InChI is InChI=1S/C9H5NO2/c10-4-6-1-2-9-7(3-6)8(11)5-12-9/h1-3H,5H2. The maximum absolute atomic E-state index is 11.1. The molecule has 1 heterocycles. The van der Waals surface area contributed by atoms with Crippen molar-refractivity contribution in [3.63, 3.8) is 0 Å². The highest BCUT2D eigenvalue weighted by molar-refractivity contribution is 6.02. The summed E-state index contributed by atoms with van der Waals surface area (Å²) in [5.41, 5.74) is 1.02. The zero-order chi connectivity index (χ0) is 8.55. The van der Waals surface area contributed by atoms with Crippen molar-refractivity contribution >= 4 is 5.78 Å². The van der Waals surface area contributed by atoms with E-state index in [1.165, 1.54) is 0 Å². The first-order chi connectivity index (χ1) is 5.81. The van der Waals surface area contributed by atoms with Crippen LogP contribution in [0.3, 0.4) is 0 Å². The molecule has 1 aliphatic rings. The van der Waals surface area contributed by atoms with Crippen LogP contribution in [-0.2, 0) is 0 Å². The minimum absolute atomic E-state index is 0.0536. The van der Waals surface area contributed by atoms with E-state index >= 15 is 0 Å². The molecule has 1 aromatic rings. The fourth-order valence-corrected chi connectivity index (χ4v) is 1.16. The number of Topliss-reactive ketones (excluding diaryl/α,β-unsaturated/α-hetero) is 1. The van der Waals surface area contributed by atoms with E-state index in [1.54, 1.807) is 18.2 Å². The second kappa shape index (κ2) is 2.35. The molecule has 0 atom stereocenters. The highest BCUT2D eigenvalue weighted by atomic mass is 16.5. The van der Waals surface area contributed by atoms with Gasteiger partial charge in [-0.25, -0.2) is 0 Å². The predicted molar refractivity (Wildman–Crippen MR) is 41.0 cm³/mol. The Bertz CT molecular complexity index is 390. The van der Waals surface area contributed by atoms with Crippen LogP contribution in [0.4, 0.5) is 0 Å². The fourth-order valence-electron chi connectivity index (χ4n) is 1.16. The summed E-state index contributed by atoms with van der Waals surface area (Å²) in [5, 5.41) is 8.55. The van der Waals surface area contributed by atoms with Crippen molar-refractivity contribution in [3.05, 3.63) is 29.3 Å². The molecule has 0 saturated heterocycles. The number of nitriles is 1. The number of benzene rings is 1. The van der Waals surface area contributed by atoms with E-state index in [9.17, 15) is 4.79 Å². The first kappa shape index (κ1) is 6.86. The van der Waals surface area contributed by atoms with Crippen LogP contribution in [0.5, 0.6) is 5.75 Å². The summed E-state index contributed by atoms with van der Waals surface area (Å²) >= 11 is 0. The van der Waals surface area contributed by atoms with Crippen molar-refractivity contribution in [2.24, 2.45) is 0 Å². The van der Waals surface area contributed by atoms with Gasteiger partial charge < -0.3 is 4.74 Å². The molecular formula is C9H5NO2. The molecule has 0 saturated carbocycles. The summed E-state index contributed by atoms with van der Waals surface area (Å²) in [6.07, 6.45) is 0. The zero-order valence-corrected chi connectivity index (χ0v) is 6.20. The number of hydrogen-bond donors (Lipinski definition) is 0. The molecule has 0 aliphatic carbocycles. The van der Waals surface area contributed by atoms with Crippen molar-refractivity contribution < 1.29 is 9.53 Å². The Morgan fingerprint density at radius 3 is 3.08 bits per heavy atom. The number of carbonyl (C=O) groups is 1. The van der Waals surface area contributed by atoms with Crippen molar-refractivity contribution in [2.75, 3.05) is 6.61 Å². The van der Waals surface area contributed by atoms with Crippen LogP contribution in [0.25, 0.3) is 0 Å². The first-order valence-electron chi connectivity index (χ1n) is 3.51. The normalized spacial score (nSPS) is 13.4. The minimum atomic E-state index is -0.0536. The van der Waals surface area contributed by atoms with Crippen molar-refractivity contribution in [3.8, 4) is 11.8 Å². The Labute approximate surface area is 69.2 Å². The zero-order valence-electron chi connectivity index (χ0n) is 6.20. The monoisotopic (exact) mass is 159 g/mol. The van der Waals surface area contributed by atoms with Gasteiger partial charge in [-0.1, -0.05) is 0 Å². The van der Waals surface area contributed by atoms with Crippen LogP contribution in [0.1, 0.15) is 15.9 Å². The lowest BCUT2D eigenvalue weighted by atomic mass is 10.1. The molecule has 1 aliphatic heterocycles. The highest BCUT2D eigenvalue weighted by Crippen LogP contribution is 2.25. The second-order valence-corrected chi connectivity index (χ2v) is 2.53. The molecule has 58 valence electrons. The predicted octanol–water partition coefficient (Wildman–Crippen LogP) is 1.13. The van der Waals surface area contributed by atoms with Gasteiger partial charge in [0.15, 0.2) is 6.61 Å². The third-order valence-corrected chi connectivity index (χ3v) is 1.77. The number of carbonyl (C=O) groups excluding carboxylic acids is 1. The van der Waals surface area contributed by atoms with E-state index in [4.69, 9.17) is 10.00 Å². The molecule has 3 nitrogen and oxygen atoms in total. The summed E-state index contributed by atoms with van der Waals surface area (Å²) in [5.74, 6) is 0.529. The number of fused-ring (bicyclic) bond motifs is 1. The third-order valence-electron chi connectivity index (χ3n) is 1.77. The Balaban J connectivity index is 2.59. The van der Waals surface area contributed by atoms with E-state index < -0.39 is 0 Å². The second-order valence-electron chi connectivity index (χ2n) is 2.53. The molecule has 0 N–H and O–H groups in total. The fraction of sp³-hybridized carbons (Fsp3) is 0.111. The lowest BCUT2D eigenvalue weighted by Crippen LogP contribution is -1.98. The van der Waals surface area contributed by atoms with Gasteiger partial charge in [0.1, 0.15) is 5.75 Å². The van der Waals surface area contributed by atoms with E-state index in [0.717, 1.165) is 0 Å². The van der Waals surface area contributed by atoms with Gasteiger partial charge in [0.25, 0.3) is 0 Å². The molecule has 1 aromatic carbocycles. The molecular weight excluding hydrogens is 154 g/mol. The summed E-state index contributed by atoms with van der Waals surface area (Å²) < 4.78 is 5.05. The number of ether oxygens (including phenoxy) is 1. The van der Waals surface area contributed by atoms with E-state index in [1.807, 2.05) is 6.07 Å². The first-order valence-corrected chi connectivity index (χ1v) is 3.51. The minimum Gasteiger partial charge on any atom is -0.485 e. The van der Waals surface area contributed by atoms with Gasteiger partial charge in [-0.3, -0.25) is 4.79 Å². The molecule has 0 bridgehead atoms. The molecule has 12 heavy (non-hydrogen) atoms. The number of nitrogens with zero attached hydrogens (tertiary/aromatic N) is 1. The third kappa shape index (κ3) is 0.857. The lowest BCUT2D eigenvalue weighted by molar-refractivity contribution is 0.0961. The van der Waals surface area contributed by atoms with Crippen molar-refractivity contribution in [1.29, 1.82) is 5.26 Å². The highest BCUT2D eigenvalue weighted by Gasteiger charge is 2.20. The maximum Gasteiger partial charge on any atom is 0.203 e. The molecule has 0 fully saturated rings. The number of hydrogen-bond acceptors (Lipinski definition) is 3. The molecule has 3 heteroatoms. The molecule has 2 rings (SSSR count). The van der Waals surface area contributed by atoms with Crippen LogP contribution in [-0.4, -0.2) is 12.4 Å². The summed E-state index contributed by atoms with van der Waals surface area (Å²) in [6.45, 7) is 0.101. The molecule has 0 aromatic heterocycles. The quantitative estimate of drug-likeness (QED) is 0.570. The molecule has 0 radical (unpaired) electrons. The van der Waals surface area contributed by atoms with Crippen LogP contribution in [0.2, 0.25) is 0 Å². The summed E-state index contributed by atoms with van der Waals surface area (Å²) in [6, 6.07) is 6.82. The van der Waals surface area contributed by atoms with Crippen LogP contribution < -0.4 is 4.74 Å². The van der Waals surface area contributed by atoms with Gasteiger partial charge in [0, 0.05) is 0 Å². The average molecular weight is 159 g/mol. The lowest BCUT2D eigenvalue weighted by Gasteiger charge is -1.94. The molecule has 0 spiro atoms. The summed E-state index contributed by atoms with van der Waals surface area (Å²) in [7, 11) is 0. The SMILES string of the molecule is N#Cc1ccc2c(c1)C(=O)CO2. The summed E-state index contributed by atoms with van der Waals surface area (Å²) in [4.78, 5) is 11.1. The van der Waals surface area contributed by atoms with Gasteiger partial charge in [-0.2, -0.15) is 5.26 Å². The smallest absolute Gasteiger partial charge is 0.203 e. The van der Waals surface area contributed by atoms with E-state index in [0.29, 0.717) is 16.9 Å². The van der Waals surface area contributed by atoms with Gasteiger partial charge in [0.05, 0.1) is 17.2 Å².